The summed E-state index contributed by atoms with van der Waals surface area (Å²) < 4.78 is 72.9. The van der Waals surface area contributed by atoms with Crippen LogP contribution in [0.4, 0.5) is 45.0 Å². The number of nitrogens with one attached hydrogen (secondary N) is 1. The van der Waals surface area contributed by atoms with Gasteiger partial charge in [-0.25, -0.2) is 37.5 Å². The van der Waals surface area contributed by atoms with Gasteiger partial charge in [0.05, 0.1) is 71.9 Å². The second-order valence-electron chi connectivity index (χ2n) is 23.3. The molecule has 2 aromatic carbocycles. The molecule has 8 aromatic rings. The molecule has 3 amide bonds. The van der Waals surface area contributed by atoms with Crippen molar-refractivity contribution in [2.45, 2.75) is 104 Å². The maximum atomic E-state index is 15.5. The summed E-state index contributed by atoms with van der Waals surface area (Å²) in [6.45, 7) is 25.8. The molecule has 1 N–H and O–H groups in total. The van der Waals surface area contributed by atoms with E-state index in [0.29, 0.717) is 52.6 Å². The maximum Gasteiger partial charge on any atom is 0.471 e. The molecule has 0 spiro atoms. The van der Waals surface area contributed by atoms with Crippen molar-refractivity contribution in [1.82, 2.24) is 48.8 Å². The monoisotopic (exact) mass is 1290 g/mol. The fourth-order valence-electron chi connectivity index (χ4n) is 11.6. The lowest BCUT2D eigenvalue weighted by molar-refractivity contribution is -0.167. The predicted molar refractivity (Wildman–Crippen MR) is 345 cm³/mol. The van der Waals surface area contributed by atoms with Crippen molar-refractivity contribution in [3.63, 3.8) is 0 Å². The number of pyridine rings is 4. The Morgan fingerprint density at radius 2 is 1.12 bits per heavy atom. The smallest absolute Gasteiger partial charge is 0.376 e. The molecule has 2 saturated heterocycles. The quantitative estimate of drug-likeness (QED) is 0.0894. The number of amides is 3. The zero-order chi connectivity index (χ0) is 66.4. The van der Waals surface area contributed by atoms with E-state index in [1.165, 1.54) is 33.4 Å². The lowest BCUT2D eigenvalue weighted by atomic mass is 10.0. The average Bonchev–Trinajstić information content (AvgIpc) is 0.741. The van der Waals surface area contributed by atoms with E-state index in [1.807, 2.05) is 90.3 Å². The molecule has 8 heterocycles. The van der Waals surface area contributed by atoms with Crippen molar-refractivity contribution in [2.24, 2.45) is 0 Å². The Hall–Kier alpha value is -9.16. The molecule has 0 radical (unpaired) electrons. The van der Waals surface area contributed by atoms with E-state index in [1.54, 1.807) is 64.8 Å². The van der Waals surface area contributed by atoms with Crippen molar-refractivity contribution < 1.29 is 36.3 Å². The SMILES string of the molecule is C=CC(=O)N1CC(C)N(c2nc(=O)n(-c3c(C)ccnc3C(C)C)c3nc(-c4c(F)cccc4NC(=O)C(F)(F)F)c(Cl)cc23)CC1C.C=CC(=O)N1CC(C)N(c2nc(=O)n(-c3c(N(C)C)ccnc3C(C)C)c3nc(-c4ccccc4F)c(Cl)cc23)CC1C. The first-order chi connectivity index (χ1) is 43.0. The predicted octanol–water partition coefficient (Wildman–Crippen LogP) is 11.6. The number of halogens is 7. The minimum atomic E-state index is -5.26. The van der Waals surface area contributed by atoms with Gasteiger partial charge in [0.15, 0.2) is 11.3 Å². The molecule has 4 atom stereocenters. The summed E-state index contributed by atoms with van der Waals surface area (Å²) in [5.74, 6) is -3.82. The number of anilines is 4. The molecular formula is C65H67Cl2F5N14O5. The number of hydrogen-bond donors (Lipinski definition) is 1. The number of benzene rings is 2. The van der Waals surface area contributed by atoms with Crippen molar-refractivity contribution in [3.05, 3.63) is 164 Å². The third-order valence-electron chi connectivity index (χ3n) is 16.0. The summed E-state index contributed by atoms with van der Waals surface area (Å²) in [5.41, 5.74) is 1.56. The minimum absolute atomic E-state index is 0.0248. The van der Waals surface area contributed by atoms with Crippen LogP contribution < -0.4 is 31.4 Å². The highest BCUT2D eigenvalue weighted by Crippen LogP contribution is 2.42. The van der Waals surface area contributed by atoms with Gasteiger partial charge < -0.3 is 29.8 Å². The van der Waals surface area contributed by atoms with Crippen molar-refractivity contribution in [3.8, 4) is 33.9 Å². The van der Waals surface area contributed by atoms with E-state index in [-0.39, 0.29) is 110 Å². The first kappa shape index (κ1) is 66.3. The average molecular weight is 1290 g/mol. The lowest BCUT2D eigenvalue weighted by Crippen LogP contribution is -2.58. The van der Waals surface area contributed by atoms with E-state index >= 15 is 8.78 Å². The number of fused-ring (bicyclic) bond motifs is 2. The molecule has 26 heteroatoms. The van der Waals surface area contributed by atoms with Gasteiger partial charge in [-0.3, -0.25) is 24.4 Å². The molecule has 0 saturated carbocycles. The third kappa shape index (κ3) is 12.8. The van der Waals surface area contributed by atoms with Crippen LogP contribution >= 0.6 is 23.2 Å². The van der Waals surface area contributed by atoms with E-state index in [2.05, 4.69) is 38.1 Å². The first-order valence-corrected chi connectivity index (χ1v) is 29.9. The molecule has 2 aliphatic rings. The van der Waals surface area contributed by atoms with Gasteiger partial charge >= 0.3 is 23.5 Å². The number of carbonyl (C=O) groups excluding carboxylic acids is 3. The molecule has 19 nitrogen and oxygen atoms in total. The van der Waals surface area contributed by atoms with Crippen molar-refractivity contribution >= 4 is 86.0 Å². The van der Waals surface area contributed by atoms with Crippen molar-refractivity contribution in [1.29, 1.82) is 0 Å². The normalized spacial score (nSPS) is 16.9. The van der Waals surface area contributed by atoms with E-state index in [0.717, 1.165) is 23.9 Å². The van der Waals surface area contributed by atoms with E-state index in [4.69, 9.17) is 28.2 Å². The molecule has 2 fully saturated rings. The van der Waals surface area contributed by atoms with Gasteiger partial charge in [0.1, 0.15) is 23.3 Å². The molecular weight excluding hydrogens is 1220 g/mol. The van der Waals surface area contributed by atoms with Gasteiger partial charge in [-0.15, -0.1) is 0 Å². The Kier molecular flexibility index (Phi) is 19.2. The van der Waals surface area contributed by atoms with Gasteiger partial charge in [0, 0.05) is 82.4 Å². The summed E-state index contributed by atoms with van der Waals surface area (Å²) in [4.78, 5) is 102. The Morgan fingerprint density at radius 3 is 1.62 bits per heavy atom. The molecule has 2 aliphatic heterocycles. The van der Waals surface area contributed by atoms with Crippen LogP contribution in [0.15, 0.2) is 114 Å². The summed E-state index contributed by atoms with van der Waals surface area (Å²) in [6.07, 6.45) is 0.594. The number of rotatable bonds is 12. The Morgan fingerprint density at radius 1 is 0.648 bits per heavy atom. The molecule has 476 valence electrons. The standard InChI is InChI=1S/C33H32ClF4N7O3.C32H35ClFN7O2/c1-7-24(46)43-14-19(6)44(15-18(43)5)29-20-13-21(34)27(25-22(35)9-8-10-23(25)40-31(47)33(36,37)38)41-30(20)45(32(48)42-29)28-17(4)11-12-39-26(28)16(2)3;1-8-26(42)39-16-20(5)40(17-19(39)4)30-22-15-23(33)28(21-11-9-10-12-24(21)34)36-31(22)41(32(43)37-30)29-25(38(6)7)13-14-35-27(29)18(2)3/h7-13,16,18-19H,1,14-15H2,2-6H3,(H,40,47);8-15,18-20H,1,16-17H2,2-7H3. The van der Waals surface area contributed by atoms with Gasteiger partial charge in [0.2, 0.25) is 11.8 Å². The molecule has 6 aromatic heterocycles. The molecule has 4 unspecified atom stereocenters. The lowest BCUT2D eigenvalue weighted by Gasteiger charge is -2.44. The molecule has 91 heavy (non-hydrogen) atoms. The maximum absolute atomic E-state index is 15.5. The highest BCUT2D eigenvalue weighted by molar-refractivity contribution is 6.34. The van der Waals surface area contributed by atoms with Gasteiger partial charge in [-0.05, 0) is 113 Å². The van der Waals surface area contributed by atoms with Crippen LogP contribution in [0.5, 0.6) is 0 Å². The van der Waals surface area contributed by atoms with Crippen LogP contribution in [-0.2, 0) is 14.4 Å². The highest BCUT2D eigenvalue weighted by Gasteiger charge is 2.40. The summed E-state index contributed by atoms with van der Waals surface area (Å²) in [7, 11) is 3.78. The number of aryl methyl sites for hydroxylation is 1. The topological polar surface area (TPSA) is 201 Å². The number of aromatic nitrogens is 8. The summed E-state index contributed by atoms with van der Waals surface area (Å²) in [6, 6.07) is 15.1. The van der Waals surface area contributed by atoms with Crippen LogP contribution in [0.3, 0.4) is 0 Å². The Labute approximate surface area is 531 Å². The Balaban J connectivity index is 0.000000217. The number of carbonyl (C=O) groups is 3. The minimum Gasteiger partial charge on any atom is -0.376 e. The highest BCUT2D eigenvalue weighted by atomic mass is 35.5. The molecule has 0 bridgehead atoms. The van der Waals surface area contributed by atoms with Crippen LogP contribution in [-0.4, -0.2) is 137 Å². The van der Waals surface area contributed by atoms with Crippen LogP contribution in [0.2, 0.25) is 10.0 Å². The Bertz CT molecular complexity index is 4320. The number of piperazine rings is 2. The zero-order valence-electron chi connectivity index (χ0n) is 51.9. The summed E-state index contributed by atoms with van der Waals surface area (Å²) >= 11 is 13.6. The summed E-state index contributed by atoms with van der Waals surface area (Å²) in [5, 5.41) is 2.54. The van der Waals surface area contributed by atoms with Crippen LogP contribution in [0.1, 0.15) is 84.2 Å². The fraction of sp³-hybridized carbons (Fsp3) is 0.338. The van der Waals surface area contributed by atoms with E-state index < -0.39 is 46.3 Å². The first-order valence-electron chi connectivity index (χ1n) is 29.2. The zero-order valence-corrected chi connectivity index (χ0v) is 53.4. The number of alkyl halides is 3. The van der Waals surface area contributed by atoms with Crippen LogP contribution in [0, 0.1) is 18.6 Å². The van der Waals surface area contributed by atoms with Crippen molar-refractivity contribution in [2.75, 3.05) is 60.3 Å². The second-order valence-corrected chi connectivity index (χ2v) is 24.1. The van der Waals surface area contributed by atoms with Gasteiger partial charge in [-0.2, -0.15) is 23.1 Å². The van der Waals surface area contributed by atoms with Gasteiger partial charge in [0.25, 0.3) is 0 Å². The fourth-order valence-corrected chi connectivity index (χ4v) is 12.1. The van der Waals surface area contributed by atoms with E-state index in [9.17, 15) is 37.1 Å². The number of nitrogens with zero attached hydrogens (tertiary/aromatic N) is 13. The second kappa shape index (κ2) is 26.4. The largest absolute Gasteiger partial charge is 0.471 e. The van der Waals surface area contributed by atoms with Crippen LogP contribution in [0.25, 0.3) is 56.0 Å². The van der Waals surface area contributed by atoms with Gasteiger partial charge in [-0.1, -0.05) is 82.3 Å². The molecule has 0 aliphatic carbocycles. The molecule has 10 rings (SSSR count). The number of hydrogen-bond acceptors (Lipinski definition) is 14. The third-order valence-corrected chi connectivity index (χ3v) is 16.6.